The summed E-state index contributed by atoms with van der Waals surface area (Å²) in [5.41, 5.74) is 0.549. The van der Waals surface area contributed by atoms with Crippen molar-refractivity contribution in [3.63, 3.8) is 0 Å². The number of thioether (sulfide) groups is 1. The smallest absolute Gasteiger partial charge is 0.319 e. The third-order valence-corrected chi connectivity index (χ3v) is 4.72. The second-order valence-corrected chi connectivity index (χ2v) is 6.72. The number of H-pyrrole nitrogens is 1. The van der Waals surface area contributed by atoms with Crippen molar-refractivity contribution >= 4 is 40.1 Å². The van der Waals surface area contributed by atoms with Gasteiger partial charge >= 0.3 is 6.03 Å². The summed E-state index contributed by atoms with van der Waals surface area (Å²) >= 11 is 1.66. The Morgan fingerprint density at radius 1 is 1.07 bits per heavy atom. The number of carbonyl (C=O) groups is 1. The predicted octanol–water partition coefficient (Wildman–Crippen LogP) is 3.27. The normalized spacial score (nSPS) is 10.6. The molecule has 1 aromatic heterocycles. The summed E-state index contributed by atoms with van der Waals surface area (Å²) in [5.74, 6) is 0.628. The SMILES string of the molecule is CSc1ccc(NC(=O)NCCCNc2n[nH]c(=O)c3ccccc23)cc1. The van der Waals surface area contributed by atoms with Gasteiger partial charge in [0.2, 0.25) is 0 Å². The molecule has 0 spiro atoms. The van der Waals surface area contributed by atoms with Crippen LogP contribution in [-0.2, 0) is 0 Å². The number of benzene rings is 2. The van der Waals surface area contributed by atoms with Gasteiger partial charge in [-0.3, -0.25) is 4.79 Å². The highest BCUT2D eigenvalue weighted by Gasteiger charge is 2.05. The van der Waals surface area contributed by atoms with Crippen molar-refractivity contribution < 1.29 is 4.79 Å². The molecule has 1 heterocycles. The van der Waals surface area contributed by atoms with Gasteiger partial charge in [-0.2, -0.15) is 5.10 Å². The maximum absolute atomic E-state index is 11.9. The Hall–Kier alpha value is -3.00. The number of carbonyl (C=O) groups excluding carboxylic acids is 1. The molecule has 140 valence electrons. The van der Waals surface area contributed by atoms with Crippen molar-refractivity contribution in [2.45, 2.75) is 11.3 Å². The van der Waals surface area contributed by atoms with E-state index < -0.39 is 0 Å². The lowest BCUT2D eigenvalue weighted by molar-refractivity contribution is 0.252. The van der Waals surface area contributed by atoms with Crippen LogP contribution in [0.1, 0.15) is 6.42 Å². The molecule has 3 rings (SSSR count). The number of urea groups is 1. The van der Waals surface area contributed by atoms with Crippen molar-refractivity contribution in [3.05, 3.63) is 58.9 Å². The molecule has 0 aliphatic rings. The fourth-order valence-corrected chi connectivity index (χ4v) is 3.00. The number of amides is 2. The fraction of sp³-hybridized carbons (Fsp3) is 0.211. The zero-order valence-electron chi connectivity index (χ0n) is 14.9. The topological polar surface area (TPSA) is 98.9 Å². The van der Waals surface area contributed by atoms with Crippen molar-refractivity contribution in [2.24, 2.45) is 0 Å². The van der Waals surface area contributed by atoms with E-state index in [4.69, 9.17) is 0 Å². The summed E-state index contributed by atoms with van der Waals surface area (Å²) in [6.45, 7) is 1.13. The van der Waals surface area contributed by atoms with Gasteiger partial charge in [0.25, 0.3) is 5.56 Å². The fourth-order valence-electron chi connectivity index (χ4n) is 2.60. The molecule has 0 unspecified atom stereocenters. The quantitative estimate of drug-likeness (QED) is 0.371. The first-order valence-corrected chi connectivity index (χ1v) is 9.80. The highest BCUT2D eigenvalue weighted by atomic mass is 32.2. The van der Waals surface area contributed by atoms with Crippen LogP contribution in [-0.4, -0.2) is 35.6 Å². The van der Waals surface area contributed by atoms with E-state index in [9.17, 15) is 9.59 Å². The van der Waals surface area contributed by atoms with E-state index in [1.807, 2.05) is 48.7 Å². The van der Waals surface area contributed by atoms with Gasteiger partial charge in [-0.05, 0) is 43.0 Å². The number of rotatable bonds is 7. The maximum Gasteiger partial charge on any atom is 0.319 e. The molecule has 0 aliphatic carbocycles. The molecule has 4 N–H and O–H groups in total. The number of anilines is 2. The summed E-state index contributed by atoms with van der Waals surface area (Å²) in [6.07, 6.45) is 2.72. The molecule has 0 saturated carbocycles. The lowest BCUT2D eigenvalue weighted by Crippen LogP contribution is -2.30. The Bertz CT molecular complexity index is 972. The van der Waals surface area contributed by atoms with Crippen molar-refractivity contribution in [1.82, 2.24) is 15.5 Å². The zero-order valence-corrected chi connectivity index (χ0v) is 15.7. The van der Waals surface area contributed by atoms with E-state index in [0.717, 1.165) is 16.0 Å². The number of hydrogen-bond donors (Lipinski definition) is 4. The first kappa shape index (κ1) is 18.8. The molecule has 2 amide bonds. The van der Waals surface area contributed by atoms with Gasteiger partial charge in [0.05, 0.1) is 5.39 Å². The van der Waals surface area contributed by atoms with Crippen LogP contribution in [0.5, 0.6) is 0 Å². The minimum absolute atomic E-state index is 0.208. The Balaban J connectivity index is 1.43. The lowest BCUT2D eigenvalue weighted by atomic mass is 10.2. The van der Waals surface area contributed by atoms with E-state index >= 15 is 0 Å². The maximum atomic E-state index is 11.9. The highest BCUT2D eigenvalue weighted by Crippen LogP contribution is 2.17. The van der Waals surface area contributed by atoms with E-state index in [1.165, 1.54) is 0 Å². The van der Waals surface area contributed by atoms with E-state index in [0.29, 0.717) is 30.7 Å². The third-order valence-electron chi connectivity index (χ3n) is 3.98. The first-order chi connectivity index (χ1) is 13.2. The molecule has 0 atom stereocenters. The Morgan fingerprint density at radius 3 is 2.56 bits per heavy atom. The Morgan fingerprint density at radius 2 is 1.81 bits per heavy atom. The van der Waals surface area contributed by atoms with Gasteiger partial charge in [-0.25, -0.2) is 9.89 Å². The molecule has 0 bridgehead atoms. The molecular weight excluding hydrogens is 362 g/mol. The summed E-state index contributed by atoms with van der Waals surface area (Å²) in [7, 11) is 0. The van der Waals surface area contributed by atoms with Crippen molar-refractivity contribution in [2.75, 3.05) is 30.0 Å². The van der Waals surface area contributed by atoms with Crippen LogP contribution in [0.3, 0.4) is 0 Å². The number of aromatic nitrogens is 2. The van der Waals surface area contributed by atoms with Gasteiger partial charge in [-0.15, -0.1) is 11.8 Å². The third kappa shape index (κ3) is 5.01. The molecule has 7 nitrogen and oxygen atoms in total. The van der Waals surface area contributed by atoms with Crippen LogP contribution in [0.4, 0.5) is 16.3 Å². The Labute approximate surface area is 160 Å². The average molecular weight is 383 g/mol. The van der Waals surface area contributed by atoms with Crippen LogP contribution in [0, 0.1) is 0 Å². The first-order valence-electron chi connectivity index (χ1n) is 8.57. The number of nitrogens with zero attached hydrogens (tertiary/aromatic N) is 1. The van der Waals surface area contributed by atoms with Gasteiger partial charge in [0.15, 0.2) is 5.82 Å². The molecular formula is C19H21N5O2S. The van der Waals surface area contributed by atoms with Crippen molar-refractivity contribution in [3.8, 4) is 0 Å². The van der Waals surface area contributed by atoms with E-state index in [-0.39, 0.29) is 11.6 Å². The minimum atomic E-state index is -0.237. The molecule has 0 saturated heterocycles. The summed E-state index contributed by atoms with van der Waals surface area (Å²) in [6, 6.07) is 14.7. The van der Waals surface area contributed by atoms with Crippen LogP contribution in [0.15, 0.2) is 58.2 Å². The van der Waals surface area contributed by atoms with Gasteiger partial charge < -0.3 is 16.0 Å². The van der Waals surface area contributed by atoms with Crippen LogP contribution >= 0.6 is 11.8 Å². The van der Waals surface area contributed by atoms with Gasteiger partial charge in [0.1, 0.15) is 0 Å². The number of fused-ring (bicyclic) bond motifs is 1. The van der Waals surface area contributed by atoms with Crippen molar-refractivity contribution in [1.29, 1.82) is 0 Å². The molecule has 0 aliphatic heterocycles. The summed E-state index contributed by atoms with van der Waals surface area (Å²) in [4.78, 5) is 24.8. The number of aromatic amines is 1. The number of nitrogens with one attached hydrogen (secondary N) is 4. The zero-order chi connectivity index (χ0) is 19.1. The highest BCUT2D eigenvalue weighted by molar-refractivity contribution is 7.98. The monoisotopic (exact) mass is 383 g/mol. The molecule has 27 heavy (non-hydrogen) atoms. The minimum Gasteiger partial charge on any atom is -0.368 e. The van der Waals surface area contributed by atoms with E-state index in [1.54, 1.807) is 17.8 Å². The summed E-state index contributed by atoms with van der Waals surface area (Å²) < 4.78 is 0. The van der Waals surface area contributed by atoms with Gasteiger partial charge in [0, 0.05) is 29.1 Å². The molecule has 0 radical (unpaired) electrons. The van der Waals surface area contributed by atoms with Crippen LogP contribution < -0.4 is 21.5 Å². The molecule has 3 aromatic rings. The number of hydrogen-bond acceptors (Lipinski definition) is 5. The molecule has 2 aromatic carbocycles. The second kappa shape index (κ2) is 9.09. The summed E-state index contributed by atoms with van der Waals surface area (Å²) in [5, 5.41) is 16.7. The standard InChI is InChI=1S/C19H21N5O2S/c1-27-14-9-7-13(8-10-14)22-19(26)21-12-4-11-20-17-15-5-2-3-6-16(15)18(25)24-23-17/h2-3,5-10H,4,11-12H2,1H3,(H,20,23)(H,24,25)(H2,21,22,26). The largest absolute Gasteiger partial charge is 0.368 e. The predicted molar refractivity (Wildman–Crippen MR) is 111 cm³/mol. The van der Waals surface area contributed by atoms with Gasteiger partial charge in [-0.1, -0.05) is 18.2 Å². The average Bonchev–Trinajstić information content (AvgIpc) is 2.70. The second-order valence-electron chi connectivity index (χ2n) is 5.84. The molecule has 0 fully saturated rings. The van der Waals surface area contributed by atoms with E-state index in [2.05, 4.69) is 26.1 Å². The molecule has 8 heteroatoms. The Kier molecular flexibility index (Phi) is 6.32. The van der Waals surface area contributed by atoms with Crippen LogP contribution in [0.2, 0.25) is 0 Å². The van der Waals surface area contributed by atoms with Crippen LogP contribution in [0.25, 0.3) is 10.8 Å². The lowest BCUT2D eigenvalue weighted by Gasteiger charge is -2.10.